The molecular formula is C24H24N4O6. The fraction of sp³-hybridized carbons (Fsp3) is 0.417. The third-order valence-corrected chi connectivity index (χ3v) is 7.10. The van der Waals surface area contributed by atoms with Crippen molar-refractivity contribution in [3.63, 3.8) is 0 Å². The molecular weight excluding hydrogens is 440 g/mol. The van der Waals surface area contributed by atoms with Gasteiger partial charge in [-0.1, -0.05) is 12.1 Å². The minimum atomic E-state index is -0.884. The molecule has 10 nitrogen and oxygen atoms in total. The summed E-state index contributed by atoms with van der Waals surface area (Å²) in [7, 11) is 0. The van der Waals surface area contributed by atoms with Crippen LogP contribution in [-0.2, 0) is 22.7 Å². The van der Waals surface area contributed by atoms with Crippen LogP contribution in [-0.4, -0.2) is 58.1 Å². The number of carbonyl (C=O) groups is 3. The number of amides is 4. The van der Waals surface area contributed by atoms with E-state index in [1.165, 1.54) is 0 Å². The van der Waals surface area contributed by atoms with Crippen molar-refractivity contribution in [1.29, 1.82) is 0 Å². The maximum atomic E-state index is 13.1. The third-order valence-electron chi connectivity index (χ3n) is 7.10. The number of urea groups is 1. The van der Waals surface area contributed by atoms with Crippen molar-refractivity contribution in [2.24, 2.45) is 5.92 Å². The van der Waals surface area contributed by atoms with Crippen LogP contribution in [0, 0.1) is 5.92 Å². The summed E-state index contributed by atoms with van der Waals surface area (Å²) in [5, 5.41) is 2.66. The van der Waals surface area contributed by atoms with Crippen LogP contribution in [0.4, 0.5) is 4.79 Å². The van der Waals surface area contributed by atoms with E-state index in [0.717, 1.165) is 22.6 Å². The fourth-order valence-electron chi connectivity index (χ4n) is 5.49. The summed E-state index contributed by atoms with van der Waals surface area (Å²) in [5.74, 6) is 0.933. The molecule has 6 rings (SSSR count). The molecule has 0 radical (unpaired) electrons. The first-order valence-corrected chi connectivity index (χ1v) is 11.4. The molecule has 0 spiro atoms. The SMILES string of the molecule is O=C(C[C@@H]1NC(=O)N(Cc2ccc3c(c2)OCO3)C1=O)N1C[C@H]2C[C@H](C1)c1cccc(=O)n1C2. The quantitative estimate of drug-likeness (QED) is 0.677. The van der Waals surface area contributed by atoms with Crippen LogP contribution >= 0.6 is 0 Å². The summed E-state index contributed by atoms with van der Waals surface area (Å²) in [5.41, 5.74) is 1.69. The molecule has 3 atom stereocenters. The van der Waals surface area contributed by atoms with Gasteiger partial charge in [0, 0.05) is 37.3 Å². The molecule has 4 amide bonds. The third kappa shape index (κ3) is 3.49. The number of ether oxygens (including phenoxy) is 2. The Morgan fingerprint density at radius 2 is 1.88 bits per heavy atom. The maximum Gasteiger partial charge on any atom is 0.325 e. The molecule has 0 aliphatic carbocycles. The number of hydrogen-bond acceptors (Lipinski definition) is 6. The average molecular weight is 464 g/mol. The van der Waals surface area contributed by atoms with Gasteiger partial charge >= 0.3 is 6.03 Å². The van der Waals surface area contributed by atoms with E-state index in [9.17, 15) is 19.2 Å². The van der Waals surface area contributed by atoms with Crippen molar-refractivity contribution in [3.05, 3.63) is 58.0 Å². The number of fused-ring (bicyclic) bond motifs is 5. The Morgan fingerprint density at radius 3 is 2.76 bits per heavy atom. The molecule has 1 N–H and O–H groups in total. The van der Waals surface area contributed by atoms with Crippen molar-refractivity contribution in [2.75, 3.05) is 19.9 Å². The minimum Gasteiger partial charge on any atom is -0.454 e. The second-order valence-corrected chi connectivity index (χ2v) is 9.32. The highest BCUT2D eigenvalue weighted by molar-refractivity contribution is 6.05. The lowest BCUT2D eigenvalue weighted by Crippen LogP contribution is -2.50. The molecule has 5 heterocycles. The van der Waals surface area contributed by atoms with E-state index in [-0.39, 0.29) is 43.1 Å². The van der Waals surface area contributed by atoms with Crippen LogP contribution in [0.1, 0.15) is 30.0 Å². The summed E-state index contributed by atoms with van der Waals surface area (Å²) < 4.78 is 12.5. The lowest BCUT2D eigenvalue weighted by Gasteiger charge is -2.43. The molecule has 2 saturated heterocycles. The number of nitrogens with zero attached hydrogens (tertiary/aromatic N) is 3. The molecule has 34 heavy (non-hydrogen) atoms. The van der Waals surface area contributed by atoms with Crippen LogP contribution in [0.2, 0.25) is 0 Å². The van der Waals surface area contributed by atoms with Gasteiger partial charge in [0.15, 0.2) is 11.5 Å². The standard InChI is InChI=1S/C24H24N4O6/c29-21-3-1-2-18-16-6-15(11-27(18)21)9-26(12-16)22(30)8-17-23(31)28(24(32)25-17)10-14-4-5-19-20(7-14)34-13-33-19/h1-5,7,15-17H,6,8-13H2,(H,25,32)/t15-,16-,17+/m1/s1. The van der Waals surface area contributed by atoms with Crippen molar-refractivity contribution in [3.8, 4) is 11.5 Å². The number of pyridine rings is 1. The molecule has 1 aromatic heterocycles. The lowest BCUT2D eigenvalue weighted by atomic mass is 9.83. The summed E-state index contributed by atoms with van der Waals surface area (Å²) in [6.45, 7) is 1.89. The Bertz CT molecular complexity index is 1260. The van der Waals surface area contributed by atoms with Crippen LogP contribution in [0.3, 0.4) is 0 Å². The summed E-state index contributed by atoms with van der Waals surface area (Å²) >= 11 is 0. The average Bonchev–Trinajstić information content (AvgIpc) is 3.39. The fourth-order valence-corrected chi connectivity index (χ4v) is 5.49. The van der Waals surface area contributed by atoms with Crippen molar-refractivity contribution in [2.45, 2.75) is 37.9 Å². The lowest BCUT2D eigenvalue weighted by molar-refractivity contribution is -0.137. The molecule has 2 fully saturated rings. The van der Waals surface area contributed by atoms with Gasteiger partial charge in [0.2, 0.25) is 12.7 Å². The smallest absolute Gasteiger partial charge is 0.325 e. The number of aromatic nitrogens is 1. The molecule has 4 aliphatic rings. The second-order valence-electron chi connectivity index (χ2n) is 9.32. The van der Waals surface area contributed by atoms with Crippen molar-refractivity contribution in [1.82, 2.24) is 19.7 Å². The number of hydrogen-bond donors (Lipinski definition) is 1. The van der Waals surface area contributed by atoms with E-state index in [0.29, 0.717) is 31.1 Å². The van der Waals surface area contributed by atoms with E-state index in [1.54, 1.807) is 35.2 Å². The van der Waals surface area contributed by atoms with Crippen LogP contribution in [0.15, 0.2) is 41.2 Å². The number of carbonyl (C=O) groups excluding carboxylic acids is 3. The first-order valence-electron chi connectivity index (χ1n) is 11.4. The summed E-state index contributed by atoms with van der Waals surface area (Å²) in [4.78, 5) is 53.7. The molecule has 2 aromatic rings. The van der Waals surface area contributed by atoms with Gasteiger partial charge in [-0.2, -0.15) is 0 Å². The Morgan fingerprint density at radius 1 is 1.03 bits per heavy atom. The highest BCUT2D eigenvalue weighted by Crippen LogP contribution is 2.36. The van der Waals surface area contributed by atoms with Crippen LogP contribution in [0.5, 0.6) is 11.5 Å². The second kappa shape index (κ2) is 7.89. The number of likely N-dealkylation sites (tertiary alicyclic amines) is 1. The Balaban J connectivity index is 1.12. The molecule has 0 saturated carbocycles. The normalized spacial score (nSPS) is 24.8. The first kappa shape index (κ1) is 20.8. The van der Waals surface area contributed by atoms with Gasteiger partial charge < -0.3 is 24.3 Å². The molecule has 176 valence electrons. The Kier molecular flexibility index (Phi) is 4.82. The van der Waals surface area contributed by atoms with Crippen molar-refractivity contribution < 1.29 is 23.9 Å². The molecule has 2 bridgehead atoms. The molecule has 1 aromatic carbocycles. The molecule has 4 aliphatic heterocycles. The van der Waals surface area contributed by atoms with Gasteiger partial charge in [0.05, 0.1) is 13.0 Å². The number of nitrogens with one attached hydrogen (secondary N) is 1. The van der Waals surface area contributed by atoms with Gasteiger partial charge in [-0.05, 0) is 36.1 Å². The summed E-state index contributed by atoms with van der Waals surface area (Å²) in [6, 6.07) is 9.16. The van der Waals surface area contributed by atoms with Gasteiger partial charge in [-0.3, -0.25) is 19.3 Å². The van der Waals surface area contributed by atoms with Gasteiger partial charge in [0.25, 0.3) is 11.5 Å². The van der Waals surface area contributed by atoms with Crippen molar-refractivity contribution >= 4 is 17.8 Å². The maximum absolute atomic E-state index is 13.1. The van der Waals surface area contributed by atoms with E-state index in [2.05, 4.69) is 5.32 Å². The highest BCUT2D eigenvalue weighted by Gasteiger charge is 2.42. The predicted octanol–water partition coefficient (Wildman–Crippen LogP) is 1.03. The van der Waals surface area contributed by atoms with E-state index >= 15 is 0 Å². The number of benzene rings is 1. The Labute approximate surface area is 195 Å². The zero-order valence-electron chi connectivity index (χ0n) is 18.4. The van der Waals surface area contributed by atoms with Gasteiger partial charge in [-0.15, -0.1) is 0 Å². The van der Waals surface area contributed by atoms with Crippen LogP contribution in [0.25, 0.3) is 0 Å². The highest BCUT2D eigenvalue weighted by atomic mass is 16.7. The topological polar surface area (TPSA) is 110 Å². The van der Waals surface area contributed by atoms with Gasteiger partial charge in [-0.25, -0.2) is 4.79 Å². The number of rotatable bonds is 4. The summed E-state index contributed by atoms with van der Waals surface area (Å²) in [6.07, 6.45) is 0.860. The zero-order valence-corrected chi connectivity index (χ0v) is 18.4. The Hall–Kier alpha value is -3.82. The molecule has 0 unspecified atom stereocenters. The largest absolute Gasteiger partial charge is 0.454 e. The zero-order chi connectivity index (χ0) is 23.4. The molecule has 10 heteroatoms. The minimum absolute atomic E-state index is 0.00575. The monoisotopic (exact) mass is 464 g/mol. The van der Waals surface area contributed by atoms with Gasteiger partial charge in [0.1, 0.15) is 6.04 Å². The van der Waals surface area contributed by atoms with E-state index < -0.39 is 18.0 Å². The number of piperidine rings is 1. The van der Waals surface area contributed by atoms with Crippen LogP contribution < -0.4 is 20.3 Å². The first-order chi connectivity index (χ1) is 16.5. The van der Waals surface area contributed by atoms with E-state index in [4.69, 9.17) is 9.47 Å². The number of imide groups is 1. The predicted molar refractivity (Wildman–Crippen MR) is 118 cm³/mol. The van der Waals surface area contributed by atoms with E-state index in [1.807, 2.05) is 10.6 Å².